The monoisotopic (exact) mass is 1480 g/mol. The average molecular weight is 1480 g/mol. The Bertz CT molecular complexity index is 4470. The number of rotatable bonds is 37. The zero-order valence-electron chi connectivity index (χ0n) is 63.1. The quantitative estimate of drug-likeness (QED) is 0.0287. The number of carbonyl (C=O) groups excluding carboxylic acids is 2. The molecule has 0 saturated heterocycles. The van der Waals surface area contributed by atoms with Crippen molar-refractivity contribution in [2.24, 2.45) is 5.92 Å². The van der Waals surface area contributed by atoms with Crippen LogP contribution in [0.3, 0.4) is 0 Å². The third-order valence-corrected chi connectivity index (χ3v) is 20.8. The Labute approximate surface area is 626 Å². The summed E-state index contributed by atoms with van der Waals surface area (Å²) >= 11 is 8.09. The number of hydrogen-bond acceptors (Lipinski definition) is 15. The fourth-order valence-electron chi connectivity index (χ4n) is 13.5. The number of nitrogens with zero attached hydrogens (tertiary/aromatic N) is 10. The van der Waals surface area contributed by atoms with Crippen LogP contribution in [0.1, 0.15) is 217 Å². The van der Waals surface area contributed by atoms with Crippen molar-refractivity contribution in [3.8, 4) is 40.0 Å². The van der Waals surface area contributed by atoms with Crippen molar-refractivity contribution in [3.05, 3.63) is 158 Å². The number of halogens is 4. The molecule has 105 heavy (non-hydrogen) atoms. The molecule has 1 atom stereocenters. The van der Waals surface area contributed by atoms with Gasteiger partial charge in [0.25, 0.3) is 0 Å². The zero-order chi connectivity index (χ0) is 75.0. The number of nitrogens with one attached hydrogen (secondary N) is 1. The average Bonchev–Trinajstić information content (AvgIpc) is 1.61. The number of aryl methyl sites for hydroxylation is 1. The molecule has 1 unspecified atom stereocenters. The predicted molar refractivity (Wildman–Crippen MR) is 419 cm³/mol. The first-order valence-corrected chi connectivity index (χ1v) is 38.9. The Morgan fingerprint density at radius 1 is 0.610 bits per heavy atom. The Kier molecular flexibility index (Phi) is 29.9. The summed E-state index contributed by atoms with van der Waals surface area (Å²) in [6.07, 6.45) is 36.1. The highest BCUT2D eigenvalue weighted by Gasteiger charge is 2.42. The van der Waals surface area contributed by atoms with Crippen LogP contribution >= 0.6 is 23.4 Å². The summed E-state index contributed by atoms with van der Waals surface area (Å²) in [6, 6.07) is 20.9. The number of ether oxygens (including phenoxy) is 4. The van der Waals surface area contributed by atoms with E-state index in [-0.39, 0.29) is 17.5 Å². The highest BCUT2D eigenvalue weighted by molar-refractivity contribution is 8.03. The smallest absolute Gasteiger partial charge is 0.416 e. The summed E-state index contributed by atoms with van der Waals surface area (Å²) in [5.41, 5.74) is 6.01. The Morgan fingerprint density at radius 3 is 1.83 bits per heavy atom. The number of amides is 1. The second-order valence-electron chi connectivity index (χ2n) is 27.5. The molecule has 22 heteroatoms. The van der Waals surface area contributed by atoms with Gasteiger partial charge in [-0.2, -0.15) is 18.3 Å². The number of fused-ring (bicyclic) bond motifs is 4. The largest absolute Gasteiger partial charge is 0.497 e. The van der Waals surface area contributed by atoms with Crippen LogP contribution in [0, 0.1) is 12.8 Å². The molecule has 1 N–H and O–H groups in total. The summed E-state index contributed by atoms with van der Waals surface area (Å²) < 4.78 is 66.7. The minimum absolute atomic E-state index is 0.00345. The molecule has 0 aliphatic carbocycles. The number of alkyl halides is 3. The van der Waals surface area contributed by atoms with Gasteiger partial charge in [0.05, 0.1) is 66.3 Å². The molecule has 10 rings (SSSR count). The van der Waals surface area contributed by atoms with Gasteiger partial charge in [-0.1, -0.05) is 198 Å². The van der Waals surface area contributed by atoms with Crippen molar-refractivity contribution >= 4 is 75.7 Å². The maximum absolute atomic E-state index is 13.9. The van der Waals surface area contributed by atoms with Gasteiger partial charge in [-0.25, -0.2) is 14.8 Å². The lowest BCUT2D eigenvalue weighted by molar-refractivity contribution is -0.137. The first-order chi connectivity index (χ1) is 50.8. The van der Waals surface area contributed by atoms with Crippen LogP contribution in [0.2, 0.25) is 5.02 Å². The minimum Gasteiger partial charge on any atom is -0.497 e. The maximum Gasteiger partial charge on any atom is 0.416 e. The molecule has 17 nitrogen and oxygen atoms in total. The molecule has 8 aromatic rings. The number of aromatic nitrogens is 8. The van der Waals surface area contributed by atoms with Crippen LogP contribution in [-0.2, 0) is 21.1 Å². The molecule has 2 aliphatic rings. The Balaban J connectivity index is 0.000000248. The van der Waals surface area contributed by atoms with E-state index in [0.717, 1.165) is 97.7 Å². The lowest BCUT2D eigenvalue weighted by atomic mass is 9.83. The van der Waals surface area contributed by atoms with Gasteiger partial charge in [-0.3, -0.25) is 4.79 Å². The number of thioether (sulfide) groups is 1. The van der Waals surface area contributed by atoms with Gasteiger partial charge >= 0.3 is 12.1 Å². The molecule has 4 aromatic heterocycles. The highest BCUT2D eigenvalue weighted by Crippen LogP contribution is 2.50. The van der Waals surface area contributed by atoms with E-state index in [4.69, 9.17) is 40.5 Å². The van der Waals surface area contributed by atoms with Crippen LogP contribution < -0.4 is 39.8 Å². The number of allylic oxidation sites excluding steroid dienone is 7. The molecule has 0 spiro atoms. The van der Waals surface area contributed by atoms with Crippen molar-refractivity contribution in [2.45, 2.75) is 213 Å². The highest BCUT2D eigenvalue weighted by atomic mass is 35.5. The fourth-order valence-corrected chi connectivity index (χ4v) is 14.9. The lowest BCUT2D eigenvalue weighted by Gasteiger charge is -2.25. The van der Waals surface area contributed by atoms with Crippen LogP contribution in [0.15, 0.2) is 125 Å². The van der Waals surface area contributed by atoms with E-state index in [0.29, 0.717) is 87.4 Å². The van der Waals surface area contributed by atoms with Crippen LogP contribution in [0.4, 0.5) is 30.2 Å². The van der Waals surface area contributed by atoms with Gasteiger partial charge < -0.3 is 34.1 Å². The molecule has 0 radical (unpaired) electrons. The van der Waals surface area contributed by atoms with Gasteiger partial charge in [0.15, 0.2) is 28.6 Å². The second kappa shape index (κ2) is 39.1. The molecule has 562 valence electrons. The lowest BCUT2D eigenvalue weighted by Crippen LogP contribution is -2.25. The van der Waals surface area contributed by atoms with Crippen LogP contribution in [0.5, 0.6) is 17.2 Å². The van der Waals surface area contributed by atoms with Crippen molar-refractivity contribution in [1.29, 1.82) is 0 Å². The van der Waals surface area contributed by atoms with Crippen LogP contribution in [-0.4, -0.2) is 92.5 Å². The number of anilines is 3. The minimum atomic E-state index is -4.44. The van der Waals surface area contributed by atoms with Gasteiger partial charge in [0.2, 0.25) is 5.91 Å². The van der Waals surface area contributed by atoms with Crippen LogP contribution in [0.25, 0.3) is 46.2 Å². The van der Waals surface area contributed by atoms with Gasteiger partial charge in [0, 0.05) is 57.1 Å². The first kappa shape index (κ1) is 80.4. The summed E-state index contributed by atoms with van der Waals surface area (Å²) in [6.45, 7) is 18.5. The molecule has 2 aliphatic heterocycles. The third kappa shape index (κ3) is 20.9. The molecule has 6 heterocycles. The van der Waals surface area contributed by atoms with E-state index < -0.39 is 23.1 Å². The Hall–Kier alpha value is -8.69. The number of esters is 1. The van der Waals surface area contributed by atoms with E-state index in [9.17, 15) is 22.8 Å². The van der Waals surface area contributed by atoms with Crippen molar-refractivity contribution < 1.29 is 41.7 Å². The zero-order valence-corrected chi connectivity index (χ0v) is 64.7. The van der Waals surface area contributed by atoms with Crippen molar-refractivity contribution in [1.82, 2.24) is 39.6 Å². The molecule has 0 fully saturated rings. The van der Waals surface area contributed by atoms with Gasteiger partial charge in [0.1, 0.15) is 17.2 Å². The predicted octanol–water partition coefficient (Wildman–Crippen LogP) is 20.2. The maximum atomic E-state index is 13.9. The normalized spacial score (nSPS) is 14.9. The third-order valence-electron chi connectivity index (χ3n) is 19.4. The van der Waals surface area contributed by atoms with E-state index in [1.165, 1.54) is 103 Å². The van der Waals surface area contributed by atoms with E-state index in [1.54, 1.807) is 74.1 Å². The first-order valence-electron chi connectivity index (χ1n) is 37.7. The molecular formula is C83H105ClF3N11O6S. The van der Waals surface area contributed by atoms with E-state index >= 15 is 0 Å². The van der Waals surface area contributed by atoms with E-state index in [1.807, 2.05) is 81.2 Å². The second-order valence-corrected chi connectivity index (χ2v) is 29.0. The fraction of sp³-hybridized carbons (Fsp3) is 0.470. The molecule has 0 saturated carbocycles. The number of benzene rings is 4. The summed E-state index contributed by atoms with van der Waals surface area (Å²) in [4.78, 5) is 41.6. The molecular weight excluding hydrogens is 1370 g/mol. The summed E-state index contributed by atoms with van der Waals surface area (Å²) in [5, 5.41) is 24.8. The van der Waals surface area contributed by atoms with Crippen molar-refractivity contribution in [3.63, 3.8) is 0 Å². The topological polar surface area (TPSA) is 176 Å². The number of methoxy groups -OCH3 is 3. The Morgan fingerprint density at radius 2 is 1.18 bits per heavy atom. The standard InChI is InChI=1S/C46H60F3N5O4.C37H45ClN6O2S/c1-8-11-13-15-16-18-22-32(21-17-14-12-9-2)31-58-44(55)41-35(43-50-42(52-54(43)51-41)36-30-34(56-6)26-28-39(36)57-7)23-19-20-24-40-45(4,5)37-29-33(46(47,48)49)25-27-38(37)53(40)10-3;1-5-7-9-10-11-15-23-43-31-21-19-27(38)24-33(31)47-35(43)18-14-13-16-29-26(3)41-44-37(29)40-36(42-44)30-25-28(20-22-32(30)46-4)39-34(45)17-12-8-6-2/h19-20,23-30,32H,8-18,21-22,31H2,1-7H3;13-14,16,18-22,24-25H,5-12,15,17,23H2,1-4H3,(H,39,45)/b20-19+,35-23-,40-24+;14-13+,29-16-,35-18-. The number of likely N-dealkylation sites (N-methyl/N-ethyl adjacent to an activating group) is 1. The molecule has 4 aromatic carbocycles. The molecule has 0 bridgehead atoms. The summed E-state index contributed by atoms with van der Waals surface area (Å²) in [5.74, 6) is 2.31. The SMILES string of the molecule is CCCCCCCCC(CCCCCC)COC(=O)c1nn2nc(-c3cc(OC)ccc3OC)nc2\c1=C/C=C/C=C1/N(CC)c2ccc(C(F)(F)F)cc2C1(C)C.CCCCCCCCN1/C(=C/C=C/C=c2/c(C)nn3nc(-c4cc(NC(=O)CCCCC)ccc4OC)nc23)Sc2cc(Cl)ccc21. The van der Waals surface area contributed by atoms with E-state index in [2.05, 4.69) is 82.6 Å². The summed E-state index contributed by atoms with van der Waals surface area (Å²) in [7, 11) is 4.75. The number of unbranched alkanes of at least 4 members (excludes halogenated alkanes) is 15. The van der Waals surface area contributed by atoms with Gasteiger partial charge in [-0.05, 0) is 148 Å². The molecule has 1 amide bonds. The number of hydrogen-bond donors (Lipinski definition) is 1. The van der Waals surface area contributed by atoms with Gasteiger partial charge in [-0.15, -0.1) is 24.6 Å². The van der Waals surface area contributed by atoms with Crippen molar-refractivity contribution in [2.75, 3.05) is 56.1 Å². The number of carbonyl (C=O) groups is 2.